The minimum atomic E-state index is -1.82. The Kier molecular flexibility index (Phi) is 6.58. The topological polar surface area (TPSA) is 78.6 Å². The third-order valence-corrected chi connectivity index (χ3v) is 8.69. The van der Waals surface area contributed by atoms with Gasteiger partial charge >= 0.3 is 5.97 Å². The third-order valence-electron chi connectivity index (χ3n) is 8.47. The van der Waals surface area contributed by atoms with E-state index in [0.717, 1.165) is 27.8 Å². The fraction of sp³-hybridized carbons (Fsp3) is 0.400. The highest BCUT2D eigenvalue weighted by atomic mass is 35.5. The van der Waals surface area contributed by atoms with Crippen molar-refractivity contribution in [3.05, 3.63) is 81.4 Å². The molecule has 0 bridgehead atoms. The van der Waals surface area contributed by atoms with Crippen molar-refractivity contribution in [2.45, 2.75) is 77.7 Å². The molecular formula is C35H36ClNO5. The molecule has 42 heavy (non-hydrogen) atoms. The van der Waals surface area contributed by atoms with Gasteiger partial charge in [-0.3, -0.25) is 4.79 Å². The van der Waals surface area contributed by atoms with Gasteiger partial charge in [0.05, 0.1) is 12.2 Å². The van der Waals surface area contributed by atoms with Crippen molar-refractivity contribution in [3.63, 3.8) is 0 Å². The van der Waals surface area contributed by atoms with Crippen molar-refractivity contribution in [2.24, 2.45) is 5.92 Å². The summed E-state index contributed by atoms with van der Waals surface area (Å²) in [6, 6.07) is 15.2. The Labute approximate surface area is 251 Å². The van der Waals surface area contributed by atoms with Crippen LogP contribution < -0.4 is 4.74 Å². The van der Waals surface area contributed by atoms with E-state index in [0.29, 0.717) is 46.2 Å². The van der Waals surface area contributed by atoms with E-state index in [4.69, 9.17) is 30.5 Å². The van der Waals surface area contributed by atoms with E-state index in [1.807, 2.05) is 18.2 Å². The number of oxazole rings is 1. The van der Waals surface area contributed by atoms with Gasteiger partial charge in [0.2, 0.25) is 11.7 Å². The first-order chi connectivity index (χ1) is 19.7. The number of aromatic nitrogens is 1. The number of ketones is 1. The van der Waals surface area contributed by atoms with Gasteiger partial charge in [-0.25, -0.2) is 9.78 Å². The first-order valence-electron chi connectivity index (χ1n) is 14.5. The van der Waals surface area contributed by atoms with Gasteiger partial charge < -0.3 is 13.9 Å². The maximum absolute atomic E-state index is 14.2. The number of hydrogen-bond acceptors (Lipinski definition) is 6. The van der Waals surface area contributed by atoms with Crippen molar-refractivity contribution in [1.82, 2.24) is 4.98 Å². The Balaban J connectivity index is 1.56. The first kappa shape index (κ1) is 28.5. The molecule has 0 saturated heterocycles. The lowest BCUT2D eigenvalue weighted by molar-refractivity contribution is -0.163. The third kappa shape index (κ3) is 4.43. The summed E-state index contributed by atoms with van der Waals surface area (Å²) in [7, 11) is 0. The fourth-order valence-electron chi connectivity index (χ4n) is 6.24. The molecule has 0 amide bonds. The van der Waals surface area contributed by atoms with E-state index in [1.54, 1.807) is 25.1 Å². The zero-order chi connectivity index (χ0) is 30.2. The number of esters is 1. The number of carbonyl (C=O) groups is 2. The van der Waals surface area contributed by atoms with Crippen molar-refractivity contribution in [3.8, 4) is 17.2 Å². The molecule has 2 aliphatic rings. The molecule has 0 unspecified atom stereocenters. The fourth-order valence-corrected chi connectivity index (χ4v) is 6.49. The van der Waals surface area contributed by atoms with E-state index < -0.39 is 17.5 Å². The van der Waals surface area contributed by atoms with Gasteiger partial charge in [0, 0.05) is 22.1 Å². The van der Waals surface area contributed by atoms with E-state index in [9.17, 15) is 9.59 Å². The quantitative estimate of drug-likeness (QED) is 0.179. The maximum atomic E-state index is 14.2. The maximum Gasteiger partial charge on any atom is 0.359 e. The number of hydrogen-bond donors (Lipinski definition) is 0. The number of fused-ring (bicyclic) bond motifs is 4. The summed E-state index contributed by atoms with van der Waals surface area (Å²) >= 11 is 6.67. The standard InChI is InChI=1S/C35H36ClNO5/c1-8-40-32(39)35-22(13-19-11-9-10-12-24(19)30(35)38)14-20-15-23(36)18-25(28(20)42-35)31-37-27-17-21(33(2,3)4)16-26(29(27)41-31)34(5,6)7/h9-12,15-18,22H,8,13-14H2,1-7H3/t22-,35-/m1/s1. The van der Waals surface area contributed by atoms with Crippen LogP contribution in [-0.2, 0) is 33.2 Å². The predicted octanol–water partition coefficient (Wildman–Crippen LogP) is 8.04. The number of rotatable bonds is 3. The molecule has 0 saturated carbocycles. The summed E-state index contributed by atoms with van der Waals surface area (Å²) < 4.78 is 18.7. The SMILES string of the molecule is CCOC(=O)[C@@]12Oc3c(cc(Cl)cc3-c3nc4cc(C(C)(C)C)cc(C(C)(C)C)c4o3)C[C@H]1Cc1ccccc1C2=O. The highest BCUT2D eigenvalue weighted by Gasteiger charge is 2.61. The zero-order valence-electron chi connectivity index (χ0n) is 25.2. The molecule has 7 heteroatoms. The summed E-state index contributed by atoms with van der Waals surface area (Å²) in [6.07, 6.45) is 0.902. The van der Waals surface area contributed by atoms with Gasteiger partial charge in [0.25, 0.3) is 5.60 Å². The largest absolute Gasteiger partial charge is 0.466 e. The molecule has 1 aliphatic heterocycles. The summed E-state index contributed by atoms with van der Waals surface area (Å²) in [6.45, 7) is 14.8. The Morgan fingerprint density at radius 3 is 2.40 bits per heavy atom. The second kappa shape index (κ2) is 9.70. The highest BCUT2D eigenvalue weighted by Crippen LogP contribution is 2.50. The minimum Gasteiger partial charge on any atom is -0.466 e. The molecule has 1 aromatic heterocycles. The number of ether oxygens (including phenoxy) is 2. The van der Waals surface area contributed by atoms with Gasteiger partial charge in [-0.2, -0.15) is 0 Å². The second-order valence-corrected chi connectivity index (χ2v) is 13.9. The van der Waals surface area contributed by atoms with Crippen LogP contribution in [0.1, 0.15) is 81.1 Å². The number of nitrogens with zero attached hydrogens (tertiary/aromatic N) is 1. The average Bonchev–Trinajstić information content (AvgIpc) is 3.34. The first-order valence-corrected chi connectivity index (χ1v) is 14.9. The van der Waals surface area contributed by atoms with Gasteiger partial charge in [-0.05, 0) is 65.5 Å². The van der Waals surface area contributed by atoms with E-state index in [2.05, 4.69) is 53.7 Å². The number of benzene rings is 3. The van der Waals surface area contributed by atoms with Crippen LogP contribution in [0, 0.1) is 5.92 Å². The molecule has 0 spiro atoms. The molecule has 6 rings (SSSR count). The lowest BCUT2D eigenvalue weighted by Gasteiger charge is -2.44. The van der Waals surface area contributed by atoms with Crippen molar-refractivity contribution < 1.29 is 23.5 Å². The van der Waals surface area contributed by atoms with Crippen molar-refractivity contribution >= 4 is 34.5 Å². The average molecular weight is 586 g/mol. The molecule has 0 N–H and O–H groups in total. The Bertz CT molecular complexity index is 1760. The molecule has 4 aromatic rings. The van der Waals surface area contributed by atoms with Gasteiger partial charge in [0.15, 0.2) is 5.58 Å². The number of halogens is 1. The Morgan fingerprint density at radius 2 is 1.71 bits per heavy atom. The van der Waals surface area contributed by atoms with Crippen LogP contribution in [0.3, 0.4) is 0 Å². The highest BCUT2D eigenvalue weighted by molar-refractivity contribution is 6.31. The molecule has 1 aliphatic carbocycles. The monoisotopic (exact) mass is 585 g/mol. The summed E-state index contributed by atoms with van der Waals surface area (Å²) in [5.41, 5.74) is 4.17. The molecule has 2 atom stereocenters. The number of carbonyl (C=O) groups excluding carboxylic acids is 2. The van der Waals surface area contributed by atoms with Crippen molar-refractivity contribution in [2.75, 3.05) is 6.61 Å². The lowest BCUT2D eigenvalue weighted by atomic mass is 9.67. The summed E-state index contributed by atoms with van der Waals surface area (Å²) in [5, 5.41) is 0.493. The Morgan fingerprint density at radius 1 is 1.00 bits per heavy atom. The van der Waals surface area contributed by atoms with E-state index >= 15 is 0 Å². The van der Waals surface area contributed by atoms with Gasteiger partial charge in [0.1, 0.15) is 11.3 Å². The molecule has 0 radical (unpaired) electrons. The van der Waals surface area contributed by atoms with Crippen LogP contribution >= 0.6 is 11.6 Å². The van der Waals surface area contributed by atoms with Gasteiger partial charge in [-0.15, -0.1) is 0 Å². The van der Waals surface area contributed by atoms with Crippen LogP contribution in [-0.4, -0.2) is 28.9 Å². The molecule has 6 nitrogen and oxygen atoms in total. The molecule has 2 heterocycles. The van der Waals surface area contributed by atoms with Crippen molar-refractivity contribution in [1.29, 1.82) is 0 Å². The van der Waals surface area contributed by atoms with Gasteiger partial charge in [-0.1, -0.05) is 83.5 Å². The second-order valence-electron chi connectivity index (χ2n) is 13.5. The van der Waals surface area contributed by atoms with Crippen LogP contribution in [0.2, 0.25) is 5.02 Å². The lowest BCUT2D eigenvalue weighted by Crippen LogP contribution is -2.63. The molecule has 3 aromatic carbocycles. The van der Waals surface area contributed by atoms with Crippen LogP contribution in [0.15, 0.2) is 52.9 Å². The molecular weight excluding hydrogens is 550 g/mol. The number of Topliss-reactive ketones (excluding diaryl/α,β-unsaturated/α-hetero) is 1. The Hall–Kier alpha value is -3.64. The molecule has 218 valence electrons. The van der Waals surface area contributed by atoms with Crippen LogP contribution in [0.4, 0.5) is 0 Å². The van der Waals surface area contributed by atoms with Crippen LogP contribution in [0.25, 0.3) is 22.6 Å². The van der Waals surface area contributed by atoms with E-state index in [1.165, 1.54) is 0 Å². The predicted molar refractivity (Wildman–Crippen MR) is 164 cm³/mol. The molecule has 0 fully saturated rings. The summed E-state index contributed by atoms with van der Waals surface area (Å²) in [4.78, 5) is 32.8. The summed E-state index contributed by atoms with van der Waals surface area (Å²) in [5.74, 6) is -0.828. The zero-order valence-corrected chi connectivity index (χ0v) is 25.9. The normalized spacial score (nSPS) is 20.0. The van der Waals surface area contributed by atoms with E-state index in [-0.39, 0.29) is 23.2 Å². The minimum absolute atomic E-state index is 0.0930. The van der Waals surface area contributed by atoms with Crippen LogP contribution in [0.5, 0.6) is 5.75 Å². The smallest absolute Gasteiger partial charge is 0.359 e.